The summed E-state index contributed by atoms with van der Waals surface area (Å²) in [5, 5.41) is 40.4. The average molecular weight is 1110 g/mol. The van der Waals surface area contributed by atoms with Gasteiger partial charge in [-0.25, -0.2) is 4.79 Å². The summed E-state index contributed by atoms with van der Waals surface area (Å²) in [5.74, 6) is -7.95. The van der Waals surface area contributed by atoms with Gasteiger partial charge in [0.25, 0.3) is 5.91 Å². The first-order valence-corrected chi connectivity index (χ1v) is 25.2. The zero-order valence-electron chi connectivity index (χ0n) is 42.8. The Labute approximate surface area is 457 Å². The van der Waals surface area contributed by atoms with Gasteiger partial charge in [0.1, 0.15) is 48.6 Å². The van der Waals surface area contributed by atoms with Crippen molar-refractivity contribution in [2.45, 2.75) is 94.7 Å². The molecule has 0 unspecified atom stereocenters. The second-order valence-electron chi connectivity index (χ2n) is 18.5. The molecule has 418 valence electrons. The van der Waals surface area contributed by atoms with Crippen LogP contribution in [0.15, 0.2) is 101 Å². The van der Waals surface area contributed by atoms with E-state index in [-0.39, 0.29) is 81.5 Å². The molecular weight excluding hydrogens is 1050 g/mol. The van der Waals surface area contributed by atoms with E-state index < -0.39 is 90.0 Å². The maximum absolute atomic E-state index is 14.5. The first-order valence-electron chi connectivity index (χ1n) is 24.9. The molecule has 0 radical (unpaired) electrons. The summed E-state index contributed by atoms with van der Waals surface area (Å²) in [6.45, 7) is 1.47. The van der Waals surface area contributed by atoms with E-state index in [1.165, 1.54) is 37.3 Å². The van der Waals surface area contributed by atoms with Crippen molar-refractivity contribution in [1.82, 2.24) is 41.7 Å². The van der Waals surface area contributed by atoms with E-state index >= 15 is 0 Å². The van der Waals surface area contributed by atoms with E-state index in [9.17, 15) is 48.6 Å². The number of carbonyl (C=O) groups is 8. The number of carboxylic acids is 1. The van der Waals surface area contributed by atoms with Gasteiger partial charge in [-0.15, -0.1) is 0 Å². The number of fused-ring (bicyclic) bond motifs is 5. The predicted octanol–water partition coefficient (Wildman–Crippen LogP) is -0.628. The lowest BCUT2D eigenvalue weighted by atomic mass is 10.0. The summed E-state index contributed by atoms with van der Waals surface area (Å²) in [5.41, 5.74) is 31.0. The van der Waals surface area contributed by atoms with Crippen LogP contribution in [-0.4, -0.2) is 129 Å². The topological polar surface area (TPSA) is 431 Å². The summed E-state index contributed by atoms with van der Waals surface area (Å²) < 4.78 is 7.67. The van der Waals surface area contributed by atoms with Crippen LogP contribution in [0, 0.1) is 0 Å². The van der Waals surface area contributed by atoms with Gasteiger partial charge in [-0.1, -0.05) is 54.1 Å². The molecule has 4 aromatic carbocycles. The van der Waals surface area contributed by atoms with E-state index in [1.807, 2.05) is 6.07 Å². The van der Waals surface area contributed by atoms with Crippen LogP contribution in [0.5, 0.6) is 11.6 Å². The summed E-state index contributed by atoms with van der Waals surface area (Å²) in [7, 11) is 0. The Hall–Kier alpha value is -9.46. The van der Waals surface area contributed by atoms with Gasteiger partial charge >= 0.3 is 5.97 Å². The monoisotopic (exact) mass is 1110 g/mol. The van der Waals surface area contributed by atoms with Gasteiger partial charge in [0.2, 0.25) is 41.3 Å². The fraction of sp³-hybridized carbons (Fsp3) is 0.327. The van der Waals surface area contributed by atoms with Crippen molar-refractivity contribution in [1.29, 1.82) is 0 Å². The Morgan fingerprint density at radius 2 is 1.22 bits per heavy atom. The summed E-state index contributed by atoms with van der Waals surface area (Å²) in [4.78, 5) is 117. The number of halogens is 1. The molecule has 1 aliphatic rings. The van der Waals surface area contributed by atoms with Crippen molar-refractivity contribution in [3.63, 3.8) is 0 Å². The van der Waals surface area contributed by atoms with Crippen LogP contribution in [0.1, 0.15) is 66.1 Å². The van der Waals surface area contributed by atoms with E-state index in [1.54, 1.807) is 59.3 Å². The molecule has 27 heteroatoms. The molecule has 0 fully saturated rings. The molecule has 6 rings (SSSR count). The van der Waals surface area contributed by atoms with Crippen LogP contribution >= 0.6 is 11.6 Å². The average Bonchev–Trinajstić information content (AvgIpc) is 4.07. The molecule has 0 saturated heterocycles. The second-order valence-corrected chi connectivity index (χ2v) is 18.9. The number of aliphatic carboxylic acids is 1. The third-order valence-electron chi connectivity index (χ3n) is 12.4. The standard InChI is InChI=1S/C52H62ClN15O11/c1-27(43(71)66-40(50(77)78)22-29-11-15-33(69)16-12-29)61-45(73)36(9-5-19-59-51(55)56)62-48(76)39(25-42(54)70)65-46(74)37(10-6-20-60-52(57)58)63-47(75)38(21-28-7-3-2-4-8-28)64-44(72)30-13-17-35-34(24-30)49-68(67-35)41-18-14-32(53)23-31(41)26-79-49/h2-4,7-8,11-18,23-24,27,36-40,69H,5-6,9-10,19-22,25-26H2,1H3,(H2,54,70)(H,61,73)(H,62,76)(H,63,75)(H,64,72)(H,65,74)(H,66,71)(H,77,78)(H4,55,56,59)(H4,57,58,60)/t27-,36+,37+,38+,39+,40-/m0/s1. The number of hydrogen-bond donors (Lipinski definition) is 13. The van der Waals surface area contributed by atoms with Crippen LogP contribution in [0.3, 0.4) is 0 Å². The number of aliphatic imine (C=N–C) groups is 2. The Kier molecular flexibility index (Phi) is 20.5. The number of nitrogens with two attached hydrogens (primary N) is 5. The Morgan fingerprint density at radius 3 is 1.82 bits per heavy atom. The zero-order chi connectivity index (χ0) is 57.3. The number of aromatic hydroxyl groups is 1. The highest BCUT2D eigenvalue weighted by molar-refractivity contribution is 6.30. The molecule has 1 aromatic heterocycles. The number of amides is 7. The number of nitrogens with one attached hydrogen (secondary N) is 6. The maximum atomic E-state index is 14.5. The number of phenolic OH excluding ortho intramolecular Hbond substituents is 1. The van der Waals surface area contributed by atoms with Crippen LogP contribution in [0.25, 0.3) is 16.6 Å². The molecule has 0 bridgehead atoms. The second kappa shape index (κ2) is 27.5. The maximum Gasteiger partial charge on any atom is 0.326 e. The van der Waals surface area contributed by atoms with Gasteiger partial charge in [-0.05, 0) is 92.3 Å². The minimum atomic E-state index is -1.76. The van der Waals surface area contributed by atoms with Crippen molar-refractivity contribution in [2.24, 2.45) is 38.7 Å². The normalized spacial score (nSPS) is 13.6. The summed E-state index contributed by atoms with van der Waals surface area (Å²) >= 11 is 6.22. The Morgan fingerprint density at radius 1 is 0.658 bits per heavy atom. The Balaban J connectivity index is 1.20. The lowest BCUT2D eigenvalue weighted by Crippen LogP contribution is -2.60. The van der Waals surface area contributed by atoms with Gasteiger partial charge in [-0.3, -0.25) is 43.5 Å². The van der Waals surface area contributed by atoms with Crippen LogP contribution in [0.2, 0.25) is 5.02 Å². The molecular formula is C52H62ClN15O11. The molecule has 7 amide bonds. The lowest BCUT2D eigenvalue weighted by molar-refractivity contribution is -0.142. The number of hydrogen-bond acceptors (Lipinski definition) is 13. The number of ether oxygens (including phenoxy) is 1. The predicted molar refractivity (Wildman–Crippen MR) is 290 cm³/mol. The minimum absolute atomic E-state index is 0.00390. The molecule has 18 N–H and O–H groups in total. The molecule has 0 spiro atoms. The molecule has 1 aliphatic heterocycles. The van der Waals surface area contributed by atoms with Crippen LogP contribution < -0.4 is 65.3 Å². The molecule has 26 nitrogen and oxygen atoms in total. The van der Waals surface area contributed by atoms with Crippen LogP contribution in [0.4, 0.5) is 0 Å². The van der Waals surface area contributed by atoms with Crippen molar-refractivity contribution in [2.75, 3.05) is 13.1 Å². The number of rotatable bonds is 27. The van der Waals surface area contributed by atoms with Gasteiger partial charge in [0, 0.05) is 42.1 Å². The van der Waals surface area contributed by atoms with Crippen molar-refractivity contribution >= 4 is 81.7 Å². The first-order chi connectivity index (χ1) is 37.6. The van der Waals surface area contributed by atoms with Crippen LogP contribution in [-0.2, 0) is 53.0 Å². The third-order valence-corrected chi connectivity index (χ3v) is 12.6. The minimum Gasteiger partial charge on any atom is -0.508 e. The highest BCUT2D eigenvalue weighted by atomic mass is 35.5. The molecule has 0 saturated carbocycles. The number of phenols is 1. The number of carbonyl (C=O) groups excluding carboxylic acids is 7. The first kappa shape index (κ1) is 58.8. The molecule has 0 aliphatic carbocycles. The summed E-state index contributed by atoms with van der Waals surface area (Å²) in [6, 6.07) is 15.7. The highest BCUT2D eigenvalue weighted by Gasteiger charge is 2.34. The zero-order valence-corrected chi connectivity index (χ0v) is 43.6. The van der Waals surface area contributed by atoms with E-state index in [4.69, 9.17) is 45.0 Å². The fourth-order valence-electron chi connectivity index (χ4n) is 8.34. The smallest absolute Gasteiger partial charge is 0.326 e. The molecule has 5 aromatic rings. The quantitative estimate of drug-likeness (QED) is 0.0177. The third kappa shape index (κ3) is 17.0. The number of nitrogens with zero attached hydrogens (tertiary/aromatic N) is 4. The molecule has 2 heterocycles. The van der Waals surface area contributed by atoms with Gasteiger partial charge in [0.15, 0.2) is 11.9 Å². The lowest BCUT2D eigenvalue weighted by Gasteiger charge is -2.27. The highest BCUT2D eigenvalue weighted by Crippen LogP contribution is 2.35. The van der Waals surface area contributed by atoms with Crippen molar-refractivity contribution in [3.8, 4) is 17.3 Å². The van der Waals surface area contributed by atoms with E-state index in [2.05, 4.69) is 47.0 Å². The molecule has 6 atom stereocenters. The Bertz CT molecular complexity index is 3110. The number of guanidine groups is 2. The van der Waals surface area contributed by atoms with E-state index in [0.29, 0.717) is 32.9 Å². The van der Waals surface area contributed by atoms with Crippen molar-refractivity contribution in [3.05, 3.63) is 118 Å². The van der Waals surface area contributed by atoms with Gasteiger partial charge < -0.3 is 75.5 Å². The number of aromatic nitrogens is 2. The van der Waals surface area contributed by atoms with E-state index in [0.717, 1.165) is 11.3 Å². The largest absolute Gasteiger partial charge is 0.508 e. The number of primary amides is 1. The summed E-state index contributed by atoms with van der Waals surface area (Å²) in [6.07, 6.45) is -1.13. The number of carboxylic acid groups (broad SMARTS) is 1. The SMILES string of the molecule is C[C@H](NC(=O)[C@@H](CCCN=C(N)N)NC(=O)[C@@H](CC(N)=O)NC(=O)[C@@H](CCCN=C(N)N)NC(=O)[C@@H](Cc1ccccc1)NC(=O)c1ccc2nn3c(c2c1)OCc1cc(Cl)ccc1-3)C(=O)N[C@@H](Cc1ccc(O)cc1)C(=O)O. The van der Waals surface area contributed by atoms with Crippen molar-refractivity contribution < 1.29 is 53.3 Å². The fourth-order valence-corrected chi connectivity index (χ4v) is 8.54. The number of benzene rings is 4. The van der Waals surface area contributed by atoms with Gasteiger partial charge in [0.05, 0.1) is 23.0 Å². The molecule has 79 heavy (non-hydrogen) atoms. The van der Waals surface area contributed by atoms with Gasteiger partial charge in [-0.2, -0.15) is 9.78 Å².